The lowest BCUT2D eigenvalue weighted by Crippen LogP contribution is -2.18. The summed E-state index contributed by atoms with van der Waals surface area (Å²) in [5.41, 5.74) is 1.90. The van der Waals surface area contributed by atoms with E-state index >= 15 is 0 Å². The molecule has 2 heterocycles. The normalized spacial score (nSPS) is 10.4. The molecule has 7 heteroatoms. The van der Waals surface area contributed by atoms with E-state index in [1.165, 1.54) is 24.5 Å². The molecule has 0 atom stereocenters. The maximum atomic E-state index is 12.1. The average Bonchev–Trinajstić information content (AvgIpc) is 3.29. The van der Waals surface area contributed by atoms with Gasteiger partial charge in [-0.05, 0) is 29.1 Å². The van der Waals surface area contributed by atoms with Crippen molar-refractivity contribution in [2.24, 2.45) is 0 Å². The van der Waals surface area contributed by atoms with Gasteiger partial charge in [0.15, 0.2) is 0 Å². The predicted molar refractivity (Wildman–Crippen MR) is 92.9 cm³/mol. The molecule has 2 aromatic heterocycles. The first-order chi connectivity index (χ1) is 12.1. The zero-order valence-electron chi connectivity index (χ0n) is 13.5. The van der Waals surface area contributed by atoms with Crippen LogP contribution >= 0.6 is 11.3 Å². The smallest absolute Gasteiger partial charge is 0.338 e. The fourth-order valence-corrected chi connectivity index (χ4v) is 2.75. The van der Waals surface area contributed by atoms with Gasteiger partial charge >= 0.3 is 5.97 Å². The minimum atomic E-state index is -0.438. The van der Waals surface area contributed by atoms with Crippen molar-refractivity contribution in [1.82, 2.24) is 10.3 Å². The van der Waals surface area contributed by atoms with Gasteiger partial charge in [0, 0.05) is 13.5 Å². The molecule has 1 aromatic carbocycles. The molecule has 3 rings (SSSR count). The average molecular weight is 356 g/mol. The molecule has 25 heavy (non-hydrogen) atoms. The van der Waals surface area contributed by atoms with E-state index in [0.717, 1.165) is 10.4 Å². The minimum Gasteiger partial charge on any atom is -0.455 e. The summed E-state index contributed by atoms with van der Waals surface area (Å²) in [7, 11) is 0. The third kappa shape index (κ3) is 4.54. The maximum Gasteiger partial charge on any atom is 0.338 e. The molecule has 0 spiro atoms. The Balaban J connectivity index is 1.54. The van der Waals surface area contributed by atoms with Gasteiger partial charge in [-0.25, -0.2) is 9.78 Å². The van der Waals surface area contributed by atoms with Crippen LogP contribution in [0.3, 0.4) is 0 Å². The fourth-order valence-electron chi connectivity index (χ4n) is 2.09. The van der Waals surface area contributed by atoms with Gasteiger partial charge in [0.1, 0.15) is 18.6 Å². The van der Waals surface area contributed by atoms with Gasteiger partial charge in [0.25, 0.3) is 0 Å². The van der Waals surface area contributed by atoms with E-state index < -0.39 is 5.97 Å². The molecule has 3 aromatic rings. The van der Waals surface area contributed by atoms with Gasteiger partial charge in [0.2, 0.25) is 11.8 Å². The second-order valence-corrected chi connectivity index (χ2v) is 6.25. The van der Waals surface area contributed by atoms with E-state index in [2.05, 4.69) is 10.3 Å². The first-order valence-electron chi connectivity index (χ1n) is 7.60. The van der Waals surface area contributed by atoms with E-state index in [1.807, 2.05) is 17.5 Å². The summed E-state index contributed by atoms with van der Waals surface area (Å²) < 4.78 is 10.6. The summed E-state index contributed by atoms with van der Waals surface area (Å²) in [6.07, 6.45) is 1.48. The number of benzene rings is 1. The molecule has 0 radical (unpaired) electrons. The van der Waals surface area contributed by atoms with E-state index in [0.29, 0.717) is 23.7 Å². The van der Waals surface area contributed by atoms with Crippen molar-refractivity contribution in [3.05, 3.63) is 64.9 Å². The number of hydrogen-bond donors (Lipinski definition) is 1. The van der Waals surface area contributed by atoms with Crippen LogP contribution in [-0.2, 0) is 22.7 Å². The predicted octanol–water partition coefficient (Wildman–Crippen LogP) is 3.40. The van der Waals surface area contributed by atoms with Crippen LogP contribution in [-0.4, -0.2) is 16.9 Å². The summed E-state index contributed by atoms with van der Waals surface area (Å²) in [4.78, 5) is 28.2. The standard InChI is InChI=1S/C18H16N2O4S/c1-12(21)19-9-13-4-6-14(7-5-13)18(22)24-11-15-10-23-17(20-15)16-3-2-8-25-16/h2-8,10H,9,11H2,1H3,(H,19,21). The quantitative estimate of drug-likeness (QED) is 0.685. The Hall–Kier alpha value is -2.93. The molecule has 0 bridgehead atoms. The second-order valence-electron chi connectivity index (χ2n) is 5.30. The van der Waals surface area contributed by atoms with E-state index in [9.17, 15) is 9.59 Å². The van der Waals surface area contributed by atoms with Gasteiger partial charge in [-0.1, -0.05) is 18.2 Å². The third-order valence-corrected chi connectivity index (χ3v) is 4.22. The van der Waals surface area contributed by atoms with Crippen LogP contribution in [0.15, 0.2) is 52.5 Å². The van der Waals surface area contributed by atoms with E-state index in [4.69, 9.17) is 9.15 Å². The number of ether oxygens (including phenoxy) is 1. The Morgan fingerprint density at radius 1 is 1.24 bits per heavy atom. The van der Waals surface area contributed by atoms with Gasteiger partial charge in [-0.3, -0.25) is 4.79 Å². The van der Waals surface area contributed by atoms with Gasteiger partial charge in [0.05, 0.1) is 10.4 Å². The topological polar surface area (TPSA) is 81.4 Å². The van der Waals surface area contributed by atoms with Crippen molar-refractivity contribution in [2.45, 2.75) is 20.1 Å². The molecule has 0 aliphatic rings. The molecule has 6 nitrogen and oxygen atoms in total. The second kappa shape index (κ2) is 7.76. The third-order valence-electron chi connectivity index (χ3n) is 3.37. The van der Waals surface area contributed by atoms with Crippen molar-refractivity contribution >= 4 is 23.2 Å². The number of esters is 1. The van der Waals surface area contributed by atoms with Crippen LogP contribution in [0.5, 0.6) is 0 Å². The molecular formula is C18H16N2O4S. The van der Waals surface area contributed by atoms with E-state index in [1.54, 1.807) is 24.3 Å². The summed E-state index contributed by atoms with van der Waals surface area (Å²) in [5, 5.41) is 4.64. The summed E-state index contributed by atoms with van der Waals surface area (Å²) >= 11 is 1.53. The van der Waals surface area contributed by atoms with Crippen molar-refractivity contribution in [2.75, 3.05) is 0 Å². The lowest BCUT2D eigenvalue weighted by molar-refractivity contribution is -0.119. The fraction of sp³-hybridized carbons (Fsp3) is 0.167. The van der Waals surface area contributed by atoms with Crippen LogP contribution < -0.4 is 5.32 Å². The Bertz CT molecular complexity index is 854. The number of carbonyl (C=O) groups is 2. The SMILES string of the molecule is CC(=O)NCc1ccc(C(=O)OCc2coc(-c3cccs3)n2)cc1. The molecular weight excluding hydrogens is 340 g/mol. The van der Waals surface area contributed by atoms with Gasteiger partial charge in [-0.15, -0.1) is 11.3 Å². The highest BCUT2D eigenvalue weighted by Crippen LogP contribution is 2.23. The van der Waals surface area contributed by atoms with Crippen LogP contribution in [0, 0.1) is 0 Å². The Morgan fingerprint density at radius 3 is 2.72 bits per heavy atom. The number of nitrogens with zero attached hydrogens (tertiary/aromatic N) is 1. The Morgan fingerprint density at radius 2 is 2.04 bits per heavy atom. The molecule has 0 aliphatic heterocycles. The van der Waals surface area contributed by atoms with Gasteiger partial charge in [-0.2, -0.15) is 0 Å². The highest BCUT2D eigenvalue weighted by Gasteiger charge is 2.11. The molecule has 0 unspecified atom stereocenters. The number of carbonyl (C=O) groups excluding carboxylic acids is 2. The van der Waals surface area contributed by atoms with Gasteiger partial charge < -0.3 is 14.5 Å². The Labute approximate surface area is 148 Å². The van der Waals surface area contributed by atoms with E-state index in [-0.39, 0.29) is 12.5 Å². The number of amides is 1. The molecule has 128 valence electrons. The Kier molecular flexibility index (Phi) is 5.25. The summed E-state index contributed by atoms with van der Waals surface area (Å²) in [5.74, 6) is -0.0202. The highest BCUT2D eigenvalue weighted by molar-refractivity contribution is 7.13. The monoisotopic (exact) mass is 356 g/mol. The zero-order chi connectivity index (χ0) is 17.6. The molecule has 0 fully saturated rings. The number of thiophene rings is 1. The number of rotatable bonds is 6. The van der Waals surface area contributed by atoms with Crippen molar-refractivity contribution in [3.63, 3.8) is 0 Å². The van der Waals surface area contributed by atoms with Crippen LogP contribution in [0.2, 0.25) is 0 Å². The number of aromatic nitrogens is 1. The maximum absolute atomic E-state index is 12.1. The van der Waals surface area contributed by atoms with Crippen LogP contribution in [0.25, 0.3) is 10.8 Å². The first kappa shape index (κ1) is 16.9. The molecule has 1 N–H and O–H groups in total. The molecule has 0 saturated carbocycles. The largest absolute Gasteiger partial charge is 0.455 e. The molecule has 0 saturated heterocycles. The summed E-state index contributed by atoms with van der Waals surface area (Å²) in [6, 6.07) is 10.7. The lowest BCUT2D eigenvalue weighted by Gasteiger charge is -2.05. The van der Waals surface area contributed by atoms with Crippen molar-refractivity contribution < 1.29 is 18.7 Å². The summed E-state index contributed by atoms with van der Waals surface area (Å²) in [6.45, 7) is 1.93. The molecule has 0 aliphatic carbocycles. The zero-order valence-corrected chi connectivity index (χ0v) is 14.3. The number of hydrogen-bond acceptors (Lipinski definition) is 6. The van der Waals surface area contributed by atoms with Crippen molar-refractivity contribution in [3.8, 4) is 10.8 Å². The lowest BCUT2D eigenvalue weighted by atomic mass is 10.1. The van der Waals surface area contributed by atoms with Crippen LogP contribution in [0.1, 0.15) is 28.5 Å². The number of oxazole rings is 1. The van der Waals surface area contributed by atoms with Crippen LogP contribution in [0.4, 0.5) is 0 Å². The van der Waals surface area contributed by atoms with Crippen molar-refractivity contribution in [1.29, 1.82) is 0 Å². The molecule has 1 amide bonds. The first-order valence-corrected chi connectivity index (χ1v) is 8.48. The minimum absolute atomic E-state index is 0.0430. The number of nitrogens with one attached hydrogen (secondary N) is 1. The highest BCUT2D eigenvalue weighted by atomic mass is 32.1.